The average molecular weight is 234 g/mol. The van der Waals surface area contributed by atoms with Gasteiger partial charge in [-0.05, 0) is 24.9 Å². The molecule has 11 heavy (non-hydrogen) atoms. The van der Waals surface area contributed by atoms with Gasteiger partial charge in [0, 0.05) is 11.8 Å². The highest BCUT2D eigenvalue weighted by Crippen LogP contribution is 2.24. The number of rotatable bonds is 6. The lowest BCUT2D eigenvalue weighted by Gasteiger charge is -2.17. The normalized spacial score (nSPS) is 12.0. The topological polar surface area (TPSA) is 0 Å². The molecule has 0 unspecified atom stereocenters. The molecule has 0 heterocycles. The van der Waals surface area contributed by atoms with Crippen molar-refractivity contribution in [3.63, 3.8) is 0 Å². The summed E-state index contributed by atoms with van der Waals surface area (Å²) in [6, 6.07) is 2.24. The Morgan fingerprint density at radius 3 is 1.64 bits per heavy atom. The van der Waals surface area contributed by atoms with Gasteiger partial charge in [0.05, 0.1) is 0 Å². The van der Waals surface area contributed by atoms with E-state index < -0.39 is 7.38 Å². The zero-order valence-electron chi connectivity index (χ0n) is 6.88. The molecule has 0 amide bonds. The molecule has 0 bridgehead atoms. The molecule has 0 rings (SSSR count). The van der Waals surface area contributed by atoms with E-state index in [0.717, 1.165) is 36.7 Å². The Labute approximate surface area is 84.9 Å². The summed E-state index contributed by atoms with van der Waals surface area (Å²) in [7, 11) is -1.44. The molecule has 4 heteroatoms. The van der Waals surface area contributed by atoms with E-state index in [4.69, 9.17) is 34.3 Å². The predicted octanol–water partition coefficient (Wildman–Crippen LogP) is 4.06. The van der Waals surface area contributed by atoms with E-state index in [1.165, 1.54) is 0 Å². The molecule has 0 aliphatic carbocycles. The number of alkyl halides is 2. The highest BCUT2D eigenvalue weighted by atomic mass is 35.6. The molecule has 0 aromatic heterocycles. The van der Waals surface area contributed by atoms with Crippen LogP contribution in [0.4, 0.5) is 0 Å². The lowest BCUT2D eigenvalue weighted by atomic mass is 10.6. The zero-order valence-corrected chi connectivity index (χ0v) is 10.1. The Morgan fingerprint density at radius 1 is 1.00 bits per heavy atom. The van der Waals surface area contributed by atoms with E-state index in [9.17, 15) is 0 Å². The molecule has 0 aromatic carbocycles. The van der Waals surface area contributed by atoms with Gasteiger partial charge in [-0.15, -0.1) is 23.2 Å². The van der Waals surface area contributed by atoms with Gasteiger partial charge in [-0.1, -0.05) is 6.55 Å². The van der Waals surface area contributed by atoms with Crippen molar-refractivity contribution in [2.24, 2.45) is 0 Å². The largest absolute Gasteiger partial charge is 0.167 e. The molecule has 0 fully saturated rings. The summed E-state index contributed by atoms with van der Waals surface area (Å²) in [5, 5.41) is 0. The fraction of sp³-hybridized carbons (Fsp3) is 1.00. The summed E-state index contributed by atoms with van der Waals surface area (Å²) < 4.78 is 0. The van der Waals surface area contributed by atoms with Crippen LogP contribution in [0, 0.1) is 0 Å². The molecule has 0 atom stereocenters. The van der Waals surface area contributed by atoms with Crippen molar-refractivity contribution in [1.82, 2.24) is 0 Å². The van der Waals surface area contributed by atoms with Crippen LogP contribution in [-0.2, 0) is 0 Å². The predicted molar refractivity (Wildman–Crippen MR) is 57.8 cm³/mol. The summed E-state index contributed by atoms with van der Waals surface area (Å²) in [6.07, 6.45) is 2.10. The molecule has 0 aromatic rings. The Morgan fingerprint density at radius 2 is 1.36 bits per heavy atom. The maximum atomic E-state index is 6.32. The monoisotopic (exact) mass is 232 g/mol. The van der Waals surface area contributed by atoms with Crippen LogP contribution in [0.3, 0.4) is 0 Å². The molecule has 68 valence electrons. The molecule has 0 radical (unpaired) electrons. The fourth-order valence-corrected chi connectivity index (χ4v) is 4.59. The van der Waals surface area contributed by atoms with Gasteiger partial charge in [-0.3, -0.25) is 0 Å². The molecular formula is C7H15Cl3Si. The van der Waals surface area contributed by atoms with Crippen LogP contribution >= 0.6 is 34.3 Å². The molecule has 0 nitrogen and oxygen atoms in total. The van der Waals surface area contributed by atoms with E-state index in [0.29, 0.717) is 0 Å². The van der Waals surface area contributed by atoms with Crippen LogP contribution < -0.4 is 0 Å². The minimum absolute atomic E-state index is 0.732. The van der Waals surface area contributed by atoms with E-state index in [2.05, 4.69) is 6.55 Å². The van der Waals surface area contributed by atoms with Gasteiger partial charge in [0.15, 0.2) is 7.38 Å². The SMILES string of the molecule is C[Si](Cl)(CCCCl)CCCCl. The minimum Gasteiger partial charge on any atom is -0.167 e. The van der Waals surface area contributed by atoms with Gasteiger partial charge in [0.2, 0.25) is 0 Å². The van der Waals surface area contributed by atoms with Crippen molar-refractivity contribution in [1.29, 1.82) is 0 Å². The summed E-state index contributed by atoms with van der Waals surface area (Å²) in [6.45, 7) is 2.19. The van der Waals surface area contributed by atoms with Crippen LogP contribution in [0.2, 0.25) is 18.6 Å². The summed E-state index contributed by atoms with van der Waals surface area (Å²) in [4.78, 5) is 0. The van der Waals surface area contributed by atoms with Crippen LogP contribution in [-0.4, -0.2) is 19.1 Å². The zero-order chi connectivity index (χ0) is 8.74. The van der Waals surface area contributed by atoms with Crippen molar-refractivity contribution in [2.75, 3.05) is 11.8 Å². The maximum Gasteiger partial charge on any atom is 0.153 e. The van der Waals surface area contributed by atoms with Crippen molar-refractivity contribution in [3.8, 4) is 0 Å². The molecule has 0 saturated heterocycles. The first-order valence-corrected chi connectivity index (χ1v) is 8.93. The summed E-state index contributed by atoms with van der Waals surface area (Å²) in [5.74, 6) is 1.46. The van der Waals surface area contributed by atoms with Gasteiger partial charge >= 0.3 is 0 Å². The van der Waals surface area contributed by atoms with Crippen LogP contribution in [0.15, 0.2) is 0 Å². The first kappa shape index (κ1) is 12.1. The molecule has 0 spiro atoms. The van der Waals surface area contributed by atoms with E-state index in [-0.39, 0.29) is 0 Å². The van der Waals surface area contributed by atoms with Gasteiger partial charge in [-0.2, -0.15) is 11.1 Å². The van der Waals surface area contributed by atoms with Crippen LogP contribution in [0.5, 0.6) is 0 Å². The molecule has 0 aliphatic rings. The second kappa shape index (κ2) is 6.59. The lowest BCUT2D eigenvalue weighted by molar-refractivity contribution is 1.01. The highest BCUT2D eigenvalue weighted by molar-refractivity contribution is 7.19. The third-order valence-corrected chi connectivity index (χ3v) is 6.12. The number of halogens is 3. The summed E-state index contributed by atoms with van der Waals surface area (Å²) in [5.41, 5.74) is 0. The van der Waals surface area contributed by atoms with E-state index in [1.54, 1.807) is 0 Å². The Balaban J connectivity index is 3.43. The van der Waals surface area contributed by atoms with Crippen molar-refractivity contribution < 1.29 is 0 Å². The molecule has 0 aliphatic heterocycles. The van der Waals surface area contributed by atoms with Crippen LogP contribution in [0.1, 0.15) is 12.8 Å². The van der Waals surface area contributed by atoms with Crippen LogP contribution in [0.25, 0.3) is 0 Å². The standard InChI is InChI=1S/C7H15Cl3Si/c1-11(10,6-2-4-8)7-3-5-9/h2-7H2,1H3. The Kier molecular flexibility index (Phi) is 7.24. The fourth-order valence-electron chi connectivity index (χ4n) is 0.996. The van der Waals surface area contributed by atoms with E-state index >= 15 is 0 Å². The van der Waals surface area contributed by atoms with E-state index in [1.807, 2.05) is 0 Å². The third kappa shape index (κ3) is 7.45. The average Bonchev–Trinajstić information content (AvgIpc) is 1.97. The molecular weight excluding hydrogens is 219 g/mol. The van der Waals surface area contributed by atoms with Crippen molar-refractivity contribution >= 4 is 41.7 Å². The maximum absolute atomic E-state index is 6.32. The van der Waals surface area contributed by atoms with Crippen molar-refractivity contribution in [3.05, 3.63) is 0 Å². The number of hydrogen-bond acceptors (Lipinski definition) is 0. The first-order valence-electron chi connectivity index (χ1n) is 3.93. The third-order valence-electron chi connectivity index (χ3n) is 1.66. The lowest BCUT2D eigenvalue weighted by Crippen LogP contribution is -2.21. The summed E-state index contributed by atoms with van der Waals surface area (Å²) >= 11 is 17.5. The Hall–Kier alpha value is 1.09. The smallest absolute Gasteiger partial charge is 0.153 e. The highest BCUT2D eigenvalue weighted by Gasteiger charge is 2.22. The van der Waals surface area contributed by atoms with Crippen molar-refractivity contribution in [2.45, 2.75) is 31.5 Å². The Bertz CT molecular complexity index is 85.7. The first-order chi connectivity index (χ1) is 5.12. The molecule has 0 saturated carbocycles. The second-order valence-corrected chi connectivity index (χ2v) is 10.3. The van der Waals surface area contributed by atoms with Gasteiger partial charge in [0.1, 0.15) is 0 Å². The van der Waals surface area contributed by atoms with Gasteiger partial charge in [-0.25, -0.2) is 0 Å². The minimum atomic E-state index is -1.44. The molecule has 0 N–H and O–H groups in total. The number of hydrogen-bond donors (Lipinski definition) is 0. The second-order valence-electron chi connectivity index (χ2n) is 3.00. The van der Waals surface area contributed by atoms with Gasteiger partial charge < -0.3 is 0 Å². The quantitative estimate of drug-likeness (QED) is 0.369. The van der Waals surface area contributed by atoms with Gasteiger partial charge in [0.25, 0.3) is 0 Å².